The molecule has 1 aromatic carbocycles. The number of fused-ring (bicyclic) bond motifs is 1. The van der Waals surface area contributed by atoms with E-state index >= 15 is 0 Å². The van der Waals surface area contributed by atoms with E-state index in [9.17, 15) is 0 Å². The van der Waals surface area contributed by atoms with E-state index in [0.717, 1.165) is 0 Å². The molecule has 0 fully saturated rings. The first-order valence-electron chi connectivity index (χ1n) is 5.68. The third kappa shape index (κ3) is 1.92. The summed E-state index contributed by atoms with van der Waals surface area (Å²) in [6.07, 6.45) is 1.23. The van der Waals surface area contributed by atoms with Crippen LogP contribution in [0.2, 0.25) is 0 Å². The lowest BCUT2D eigenvalue weighted by atomic mass is 9.94. The van der Waals surface area contributed by atoms with Crippen molar-refractivity contribution in [1.82, 2.24) is 0 Å². The normalized spacial score (nSPS) is 23.1. The Balaban J connectivity index is 0.000000461. The molecule has 1 heterocycles. The molecule has 1 nitrogen and oxygen atoms in total. The molecule has 0 saturated heterocycles. The van der Waals surface area contributed by atoms with Gasteiger partial charge in [-0.05, 0) is 25.0 Å². The lowest BCUT2D eigenvalue weighted by Gasteiger charge is -2.12. The highest BCUT2D eigenvalue weighted by Crippen LogP contribution is 2.37. The van der Waals surface area contributed by atoms with Gasteiger partial charge >= 0.3 is 0 Å². The molecule has 2 unspecified atom stereocenters. The molecule has 1 aromatic rings. The molecule has 14 heavy (non-hydrogen) atoms. The Hall–Kier alpha value is -0.980. The van der Waals surface area contributed by atoms with Crippen molar-refractivity contribution in [2.75, 3.05) is 5.32 Å². The van der Waals surface area contributed by atoms with Crippen molar-refractivity contribution < 1.29 is 0 Å². The highest BCUT2D eigenvalue weighted by molar-refractivity contribution is 5.58. The fraction of sp³-hybridized carbons (Fsp3) is 0.538. The maximum atomic E-state index is 3.50. The molecule has 0 amide bonds. The van der Waals surface area contributed by atoms with Crippen LogP contribution in [0.5, 0.6) is 0 Å². The van der Waals surface area contributed by atoms with E-state index in [1.165, 1.54) is 17.7 Å². The van der Waals surface area contributed by atoms with Crippen molar-refractivity contribution >= 4 is 5.69 Å². The summed E-state index contributed by atoms with van der Waals surface area (Å²) in [5.41, 5.74) is 2.82. The minimum atomic E-state index is 0.604. The van der Waals surface area contributed by atoms with Gasteiger partial charge in [-0.15, -0.1) is 0 Å². The molecule has 1 aliphatic heterocycles. The predicted octanol–water partition coefficient (Wildman–Crippen LogP) is 4.02. The van der Waals surface area contributed by atoms with Crippen molar-refractivity contribution in [3.63, 3.8) is 0 Å². The second kappa shape index (κ2) is 5.04. The highest BCUT2D eigenvalue weighted by atomic mass is 15.0. The van der Waals surface area contributed by atoms with Gasteiger partial charge < -0.3 is 5.32 Å². The van der Waals surface area contributed by atoms with E-state index in [-0.39, 0.29) is 0 Å². The van der Waals surface area contributed by atoms with Gasteiger partial charge in [0.1, 0.15) is 0 Å². The standard InChI is InChI=1S/C11H15N.C2H6/c1-3-9-8(2)12-11-7-5-4-6-10(9)11;1-2/h4-9,12H,3H2,1-2H3;1-2H3. The number of hydrogen-bond donors (Lipinski definition) is 1. The zero-order chi connectivity index (χ0) is 10.6. The summed E-state index contributed by atoms with van der Waals surface area (Å²) in [5, 5.41) is 3.50. The molecular formula is C13H21N. The van der Waals surface area contributed by atoms with Crippen LogP contribution in [0.3, 0.4) is 0 Å². The van der Waals surface area contributed by atoms with E-state index in [1.54, 1.807) is 0 Å². The molecule has 0 aliphatic carbocycles. The van der Waals surface area contributed by atoms with Crippen LogP contribution in [-0.4, -0.2) is 6.04 Å². The molecule has 0 radical (unpaired) electrons. The SMILES string of the molecule is CC.CCC1c2ccccc2NC1C. The number of para-hydroxylation sites is 1. The van der Waals surface area contributed by atoms with Crippen molar-refractivity contribution in [3.05, 3.63) is 29.8 Å². The van der Waals surface area contributed by atoms with Crippen molar-refractivity contribution in [2.24, 2.45) is 0 Å². The molecular weight excluding hydrogens is 170 g/mol. The van der Waals surface area contributed by atoms with Crippen LogP contribution in [0, 0.1) is 0 Å². The van der Waals surface area contributed by atoms with E-state index in [4.69, 9.17) is 0 Å². The number of anilines is 1. The molecule has 0 spiro atoms. The van der Waals surface area contributed by atoms with E-state index in [2.05, 4.69) is 43.4 Å². The molecule has 0 saturated carbocycles. The summed E-state index contributed by atoms with van der Waals surface area (Å²) in [7, 11) is 0. The second-order valence-electron chi connectivity index (χ2n) is 3.54. The van der Waals surface area contributed by atoms with Gasteiger partial charge in [0.15, 0.2) is 0 Å². The summed E-state index contributed by atoms with van der Waals surface area (Å²) in [6.45, 7) is 8.51. The maximum absolute atomic E-state index is 3.50. The van der Waals surface area contributed by atoms with Crippen LogP contribution >= 0.6 is 0 Å². The quantitative estimate of drug-likeness (QED) is 0.707. The summed E-state index contributed by atoms with van der Waals surface area (Å²) in [4.78, 5) is 0. The number of hydrogen-bond acceptors (Lipinski definition) is 1. The maximum Gasteiger partial charge on any atom is 0.0378 e. The summed E-state index contributed by atoms with van der Waals surface area (Å²) in [5.74, 6) is 0.709. The van der Waals surface area contributed by atoms with E-state index in [1.807, 2.05) is 13.8 Å². The van der Waals surface area contributed by atoms with Gasteiger partial charge in [0.2, 0.25) is 0 Å². The first-order chi connectivity index (χ1) is 6.83. The van der Waals surface area contributed by atoms with Gasteiger partial charge in [0.25, 0.3) is 0 Å². The smallest absolute Gasteiger partial charge is 0.0378 e. The predicted molar refractivity (Wildman–Crippen MR) is 63.9 cm³/mol. The Morgan fingerprint density at radius 2 is 1.86 bits per heavy atom. The molecule has 2 atom stereocenters. The fourth-order valence-corrected chi connectivity index (χ4v) is 2.14. The van der Waals surface area contributed by atoms with E-state index < -0.39 is 0 Å². The minimum absolute atomic E-state index is 0.604. The Labute approximate surface area is 87.5 Å². The van der Waals surface area contributed by atoms with Gasteiger partial charge in [-0.3, -0.25) is 0 Å². The zero-order valence-electron chi connectivity index (χ0n) is 9.67. The lowest BCUT2D eigenvalue weighted by molar-refractivity contribution is 0.613. The molecule has 0 bridgehead atoms. The van der Waals surface area contributed by atoms with Gasteiger partial charge in [0.05, 0.1) is 0 Å². The Morgan fingerprint density at radius 1 is 1.21 bits per heavy atom. The molecule has 1 heteroatoms. The van der Waals surface area contributed by atoms with Crippen molar-refractivity contribution in [1.29, 1.82) is 0 Å². The van der Waals surface area contributed by atoms with Crippen molar-refractivity contribution in [3.8, 4) is 0 Å². The number of nitrogens with one attached hydrogen (secondary N) is 1. The van der Waals surface area contributed by atoms with Crippen LogP contribution in [0.4, 0.5) is 5.69 Å². The lowest BCUT2D eigenvalue weighted by Crippen LogP contribution is -2.14. The van der Waals surface area contributed by atoms with Crippen LogP contribution in [0.25, 0.3) is 0 Å². The minimum Gasteiger partial charge on any atom is -0.382 e. The van der Waals surface area contributed by atoms with Crippen LogP contribution in [0.1, 0.15) is 45.6 Å². The summed E-state index contributed by atoms with van der Waals surface area (Å²) < 4.78 is 0. The van der Waals surface area contributed by atoms with Gasteiger partial charge in [-0.25, -0.2) is 0 Å². The third-order valence-electron chi connectivity index (χ3n) is 2.79. The zero-order valence-corrected chi connectivity index (χ0v) is 9.67. The molecule has 1 N–H and O–H groups in total. The third-order valence-corrected chi connectivity index (χ3v) is 2.79. The molecule has 1 aliphatic rings. The molecule has 2 rings (SSSR count). The number of rotatable bonds is 1. The highest BCUT2D eigenvalue weighted by Gasteiger charge is 2.26. The average molecular weight is 191 g/mol. The van der Waals surface area contributed by atoms with Crippen molar-refractivity contribution in [2.45, 2.75) is 46.1 Å². The van der Waals surface area contributed by atoms with Gasteiger partial charge in [0, 0.05) is 17.6 Å². The first-order valence-corrected chi connectivity index (χ1v) is 5.68. The van der Waals surface area contributed by atoms with E-state index in [0.29, 0.717) is 12.0 Å². The Kier molecular flexibility index (Phi) is 3.99. The summed E-state index contributed by atoms with van der Waals surface area (Å²) >= 11 is 0. The first kappa shape index (κ1) is 11.1. The topological polar surface area (TPSA) is 12.0 Å². The molecule has 78 valence electrons. The van der Waals surface area contributed by atoms with Gasteiger partial charge in [-0.2, -0.15) is 0 Å². The van der Waals surface area contributed by atoms with Gasteiger partial charge in [-0.1, -0.05) is 39.0 Å². The van der Waals surface area contributed by atoms with Crippen LogP contribution < -0.4 is 5.32 Å². The molecule has 0 aromatic heterocycles. The number of benzene rings is 1. The second-order valence-corrected chi connectivity index (χ2v) is 3.54. The van der Waals surface area contributed by atoms with Crippen LogP contribution in [-0.2, 0) is 0 Å². The Morgan fingerprint density at radius 3 is 2.50 bits per heavy atom. The average Bonchev–Trinajstić information content (AvgIpc) is 2.56. The van der Waals surface area contributed by atoms with Crippen LogP contribution in [0.15, 0.2) is 24.3 Å². The summed E-state index contributed by atoms with van der Waals surface area (Å²) in [6, 6.07) is 9.23. The largest absolute Gasteiger partial charge is 0.382 e. The fourth-order valence-electron chi connectivity index (χ4n) is 2.14. The monoisotopic (exact) mass is 191 g/mol. The Bertz CT molecular complexity index is 280.